The van der Waals surface area contributed by atoms with Crippen molar-refractivity contribution in [3.63, 3.8) is 0 Å². The summed E-state index contributed by atoms with van der Waals surface area (Å²) in [5.41, 5.74) is 4.73. The van der Waals surface area contributed by atoms with Crippen molar-refractivity contribution in [2.45, 2.75) is 32.2 Å². The lowest BCUT2D eigenvalue weighted by Gasteiger charge is -2.15. The number of likely N-dealkylation sites (N-methyl/N-ethyl adjacent to an activating group) is 1. The van der Waals surface area contributed by atoms with Crippen molar-refractivity contribution in [1.29, 1.82) is 0 Å². The zero-order chi connectivity index (χ0) is 15.8. The molecule has 2 aromatic heterocycles. The van der Waals surface area contributed by atoms with E-state index >= 15 is 0 Å². The van der Waals surface area contributed by atoms with Crippen LogP contribution in [0.3, 0.4) is 0 Å². The predicted molar refractivity (Wildman–Crippen MR) is 92.7 cm³/mol. The Morgan fingerprint density at radius 2 is 2.13 bits per heavy atom. The number of amides is 1. The van der Waals surface area contributed by atoms with Gasteiger partial charge in [0, 0.05) is 22.9 Å². The number of furan rings is 1. The first-order chi connectivity index (χ1) is 11.2. The van der Waals surface area contributed by atoms with Gasteiger partial charge in [0.25, 0.3) is 0 Å². The van der Waals surface area contributed by atoms with Crippen LogP contribution in [0.2, 0.25) is 0 Å². The number of hydrogen-bond donors (Lipinski definition) is 0. The minimum absolute atomic E-state index is 0.126. The average molecular weight is 325 g/mol. The molecule has 2 heterocycles. The maximum Gasteiger partial charge on any atom is 0.227 e. The van der Waals surface area contributed by atoms with Gasteiger partial charge < -0.3 is 9.32 Å². The minimum Gasteiger partial charge on any atom is -0.464 e. The summed E-state index contributed by atoms with van der Waals surface area (Å²) in [5, 5.41) is 3.14. The maximum atomic E-state index is 12.5. The van der Waals surface area contributed by atoms with Crippen molar-refractivity contribution in [2.75, 3.05) is 7.05 Å². The minimum atomic E-state index is 0.126. The largest absolute Gasteiger partial charge is 0.464 e. The van der Waals surface area contributed by atoms with Crippen LogP contribution in [0, 0.1) is 0 Å². The van der Waals surface area contributed by atoms with Gasteiger partial charge in [0.2, 0.25) is 5.91 Å². The zero-order valence-corrected chi connectivity index (χ0v) is 14.0. The predicted octanol–water partition coefficient (Wildman–Crippen LogP) is 4.18. The Morgan fingerprint density at radius 1 is 1.30 bits per heavy atom. The van der Waals surface area contributed by atoms with Crippen molar-refractivity contribution in [3.8, 4) is 0 Å². The topological polar surface area (TPSA) is 33.5 Å². The molecule has 0 atom stereocenters. The van der Waals surface area contributed by atoms with Crippen LogP contribution >= 0.6 is 11.3 Å². The van der Waals surface area contributed by atoms with Gasteiger partial charge in [0.05, 0.1) is 19.2 Å². The second-order valence-electron chi connectivity index (χ2n) is 6.24. The summed E-state index contributed by atoms with van der Waals surface area (Å²) in [7, 11) is 1.86. The molecule has 0 N–H and O–H groups in total. The molecule has 0 unspecified atom stereocenters. The quantitative estimate of drug-likeness (QED) is 0.721. The Kier molecular flexibility index (Phi) is 3.69. The fourth-order valence-corrected chi connectivity index (χ4v) is 4.06. The highest BCUT2D eigenvalue weighted by molar-refractivity contribution is 7.09. The molecule has 1 aliphatic rings. The molecule has 0 aliphatic heterocycles. The van der Waals surface area contributed by atoms with Gasteiger partial charge in [-0.1, -0.05) is 6.07 Å². The molecule has 4 heteroatoms. The van der Waals surface area contributed by atoms with Gasteiger partial charge in [-0.2, -0.15) is 0 Å². The number of thiophene rings is 1. The molecule has 1 aromatic carbocycles. The summed E-state index contributed by atoms with van der Waals surface area (Å²) in [6.07, 6.45) is 5.65. The average Bonchev–Trinajstić information content (AvgIpc) is 3.26. The van der Waals surface area contributed by atoms with E-state index in [0.717, 1.165) is 29.4 Å². The summed E-state index contributed by atoms with van der Waals surface area (Å²) in [6.45, 7) is 0.668. The number of benzene rings is 1. The normalized spacial score (nSPS) is 13.4. The van der Waals surface area contributed by atoms with Crippen molar-refractivity contribution in [3.05, 3.63) is 57.5 Å². The van der Waals surface area contributed by atoms with Crippen LogP contribution < -0.4 is 0 Å². The molecule has 0 spiro atoms. The number of rotatable bonds is 4. The van der Waals surface area contributed by atoms with Crippen LogP contribution in [-0.4, -0.2) is 17.9 Å². The van der Waals surface area contributed by atoms with Gasteiger partial charge in [0.1, 0.15) is 5.58 Å². The Morgan fingerprint density at radius 3 is 2.91 bits per heavy atom. The molecular formula is C19H19NO2S. The van der Waals surface area contributed by atoms with E-state index in [2.05, 4.69) is 18.2 Å². The zero-order valence-electron chi connectivity index (χ0n) is 13.2. The Bertz CT molecular complexity index is 848. The SMILES string of the molecule is CN(Cc1cccs1)C(=O)Cc1coc2cc3c(cc12)CCC3. The van der Waals surface area contributed by atoms with E-state index in [4.69, 9.17) is 4.42 Å². The fourth-order valence-electron chi connectivity index (χ4n) is 3.31. The van der Waals surface area contributed by atoms with E-state index in [1.807, 2.05) is 18.5 Å². The lowest BCUT2D eigenvalue weighted by atomic mass is 10.0. The third-order valence-electron chi connectivity index (χ3n) is 4.61. The smallest absolute Gasteiger partial charge is 0.227 e. The van der Waals surface area contributed by atoms with Crippen LogP contribution in [0.15, 0.2) is 40.3 Å². The summed E-state index contributed by atoms with van der Waals surface area (Å²) in [6, 6.07) is 8.46. The van der Waals surface area contributed by atoms with E-state index in [9.17, 15) is 4.79 Å². The molecule has 0 bridgehead atoms. The van der Waals surface area contributed by atoms with Crippen LogP contribution in [0.25, 0.3) is 11.0 Å². The summed E-state index contributed by atoms with van der Waals surface area (Å²) in [4.78, 5) is 15.5. The standard InChI is InChI=1S/C19H19NO2S/c1-20(11-16-6-3-7-23-16)19(21)10-15-12-22-18-9-14-5-2-4-13(14)8-17(15)18/h3,6-9,12H,2,4-5,10-11H2,1H3. The van der Waals surface area contributed by atoms with Crippen LogP contribution in [0.5, 0.6) is 0 Å². The summed E-state index contributed by atoms with van der Waals surface area (Å²) in [5.74, 6) is 0.126. The molecule has 4 rings (SSSR count). The second-order valence-corrected chi connectivity index (χ2v) is 7.27. The number of fused-ring (bicyclic) bond motifs is 2. The molecule has 1 aliphatic carbocycles. The monoisotopic (exact) mass is 325 g/mol. The first-order valence-corrected chi connectivity index (χ1v) is 8.87. The Balaban J connectivity index is 1.54. The van der Waals surface area contributed by atoms with Crippen molar-refractivity contribution in [2.24, 2.45) is 0 Å². The molecule has 0 saturated carbocycles. The molecule has 3 nitrogen and oxygen atoms in total. The molecule has 0 radical (unpaired) electrons. The van der Waals surface area contributed by atoms with Gasteiger partial charge in [-0.3, -0.25) is 4.79 Å². The van der Waals surface area contributed by atoms with Gasteiger partial charge in [-0.25, -0.2) is 0 Å². The lowest BCUT2D eigenvalue weighted by Crippen LogP contribution is -2.27. The van der Waals surface area contributed by atoms with Crippen LogP contribution in [0.1, 0.15) is 28.0 Å². The third-order valence-corrected chi connectivity index (χ3v) is 5.47. The highest BCUT2D eigenvalue weighted by atomic mass is 32.1. The first-order valence-electron chi connectivity index (χ1n) is 7.99. The fraction of sp³-hybridized carbons (Fsp3) is 0.316. The van der Waals surface area contributed by atoms with Crippen molar-refractivity contribution < 1.29 is 9.21 Å². The van der Waals surface area contributed by atoms with Crippen molar-refractivity contribution in [1.82, 2.24) is 4.90 Å². The van der Waals surface area contributed by atoms with Crippen molar-refractivity contribution >= 4 is 28.2 Å². The molecule has 0 fully saturated rings. The van der Waals surface area contributed by atoms with Gasteiger partial charge in [-0.15, -0.1) is 11.3 Å². The third kappa shape index (κ3) is 2.79. The maximum absolute atomic E-state index is 12.5. The highest BCUT2D eigenvalue weighted by Crippen LogP contribution is 2.30. The van der Waals surface area contributed by atoms with E-state index < -0.39 is 0 Å². The van der Waals surface area contributed by atoms with E-state index in [1.165, 1.54) is 22.4 Å². The number of aryl methyl sites for hydroxylation is 2. The van der Waals surface area contributed by atoms with Gasteiger partial charge >= 0.3 is 0 Å². The molecular weight excluding hydrogens is 306 g/mol. The highest BCUT2D eigenvalue weighted by Gasteiger charge is 2.18. The number of hydrogen-bond acceptors (Lipinski definition) is 3. The molecule has 3 aromatic rings. The first kappa shape index (κ1) is 14.5. The Hall–Kier alpha value is -2.07. The summed E-state index contributed by atoms with van der Waals surface area (Å²) < 4.78 is 5.69. The molecule has 0 saturated heterocycles. The second kappa shape index (κ2) is 5.85. The van der Waals surface area contributed by atoms with E-state index in [-0.39, 0.29) is 5.91 Å². The molecule has 23 heavy (non-hydrogen) atoms. The van der Waals surface area contributed by atoms with Gasteiger partial charge in [0.15, 0.2) is 0 Å². The molecule has 1 amide bonds. The van der Waals surface area contributed by atoms with Crippen LogP contribution in [0.4, 0.5) is 0 Å². The summed E-state index contributed by atoms with van der Waals surface area (Å²) >= 11 is 1.68. The van der Waals surface area contributed by atoms with Gasteiger partial charge in [-0.05, 0) is 54.0 Å². The lowest BCUT2D eigenvalue weighted by molar-refractivity contribution is -0.129. The number of nitrogens with zero attached hydrogens (tertiary/aromatic N) is 1. The number of carbonyl (C=O) groups excluding carboxylic acids is 1. The number of carbonyl (C=O) groups is 1. The Labute approximate surface area is 139 Å². The van der Waals surface area contributed by atoms with E-state index in [0.29, 0.717) is 13.0 Å². The molecule has 118 valence electrons. The van der Waals surface area contributed by atoms with Crippen LogP contribution in [-0.2, 0) is 30.6 Å². The van der Waals surface area contributed by atoms with E-state index in [1.54, 1.807) is 22.5 Å².